The van der Waals surface area contributed by atoms with Crippen LogP contribution in [0.25, 0.3) is 11.4 Å². The zero-order valence-corrected chi connectivity index (χ0v) is 19.8. The summed E-state index contributed by atoms with van der Waals surface area (Å²) in [5.74, 6) is 2.58. The highest BCUT2D eigenvalue weighted by Gasteiger charge is 2.27. The highest BCUT2D eigenvalue weighted by molar-refractivity contribution is 5.76. The van der Waals surface area contributed by atoms with Gasteiger partial charge in [-0.2, -0.15) is 4.98 Å². The quantitative estimate of drug-likeness (QED) is 0.462. The van der Waals surface area contributed by atoms with Gasteiger partial charge in [-0.15, -0.1) is 0 Å². The first-order chi connectivity index (χ1) is 16.6. The number of hydrogen-bond donors (Lipinski definition) is 0. The molecule has 9 nitrogen and oxygen atoms in total. The van der Waals surface area contributed by atoms with E-state index in [9.17, 15) is 4.79 Å². The zero-order valence-electron chi connectivity index (χ0n) is 19.8. The average Bonchev–Trinajstić information content (AvgIpc) is 3.37. The molecule has 34 heavy (non-hydrogen) atoms. The van der Waals surface area contributed by atoms with Crippen molar-refractivity contribution in [1.29, 1.82) is 0 Å². The number of carbonyl (C=O) groups is 1. The Hall–Kier alpha value is -3.62. The van der Waals surface area contributed by atoms with Crippen LogP contribution in [0.4, 0.5) is 0 Å². The summed E-state index contributed by atoms with van der Waals surface area (Å²) in [7, 11) is 4.67. The number of nitrogens with zero attached hydrogens (tertiary/aromatic N) is 4. The van der Waals surface area contributed by atoms with Gasteiger partial charge in [0.2, 0.25) is 23.4 Å². The lowest BCUT2D eigenvalue weighted by Crippen LogP contribution is -2.38. The molecule has 0 spiro atoms. The number of benzene rings is 1. The maximum absolute atomic E-state index is 13.0. The van der Waals surface area contributed by atoms with Crippen LogP contribution in [0.2, 0.25) is 0 Å². The summed E-state index contributed by atoms with van der Waals surface area (Å²) >= 11 is 0. The number of aryl methyl sites for hydroxylation is 1. The molecular formula is C25H30N4O5. The molecule has 1 aromatic carbocycles. The molecule has 3 heterocycles. The second-order valence-corrected chi connectivity index (χ2v) is 8.16. The van der Waals surface area contributed by atoms with E-state index in [1.807, 2.05) is 23.2 Å². The van der Waals surface area contributed by atoms with Crippen LogP contribution in [0, 0.1) is 0 Å². The Bertz CT molecular complexity index is 1080. The zero-order chi connectivity index (χ0) is 23.9. The minimum absolute atomic E-state index is 0.102. The van der Waals surface area contributed by atoms with Crippen LogP contribution >= 0.6 is 0 Å². The summed E-state index contributed by atoms with van der Waals surface area (Å²) < 4.78 is 21.6. The highest BCUT2D eigenvalue weighted by Crippen LogP contribution is 2.40. The standard InChI is InChI=1S/C25H30N4O5/c1-31-20-14-18(15-21(32-2)24(20)33-3)25-27-22(34-28-25)10-6-11-23(30)29-13-5-4-9-19(29)17-8-7-12-26-16-17/h7-8,12,14-16,19H,4-6,9-11,13H2,1-3H3. The average molecular weight is 467 g/mol. The number of aromatic nitrogens is 3. The van der Waals surface area contributed by atoms with E-state index in [1.165, 1.54) is 0 Å². The van der Waals surface area contributed by atoms with Gasteiger partial charge in [0.15, 0.2) is 11.5 Å². The molecule has 0 N–H and O–H groups in total. The van der Waals surface area contributed by atoms with Gasteiger partial charge in [-0.05, 0) is 49.4 Å². The predicted molar refractivity (Wildman–Crippen MR) is 125 cm³/mol. The van der Waals surface area contributed by atoms with Crippen molar-refractivity contribution < 1.29 is 23.5 Å². The Morgan fingerprint density at radius 1 is 1.15 bits per heavy atom. The van der Waals surface area contributed by atoms with Crippen LogP contribution in [0.5, 0.6) is 17.2 Å². The topological polar surface area (TPSA) is 99.8 Å². The van der Waals surface area contributed by atoms with Gasteiger partial charge >= 0.3 is 0 Å². The van der Waals surface area contributed by atoms with Gasteiger partial charge < -0.3 is 23.6 Å². The minimum atomic E-state index is 0.102. The smallest absolute Gasteiger partial charge is 0.226 e. The van der Waals surface area contributed by atoms with Crippen LogP contribution < -0.4 is 14.2 Å². The largest absolute Gasteiger partial charge is 0.493 e. The van der Waals surface area contributed by atoms with Crippen molar-refractivity contribution in [3.05, 3.63) is 48.1 Å². The molecule has 180 valence electrons. The van der Waals surface area contributed by atoms with Crippen molar-refractivity contribution >= 4 is 5.91 Å². The first kappa shape index (κ1) is 23.5. The summed E-state index contributed by atoms with van der Waals surface area (Å²) in [6, 6.07) is 7.62. The monoisotopic (exact) mass is 466 g/mol. The minimum Gasteiger partial charge on any atom is -0.493 e. The second-order valence-electron chi connectivity index (χ2n) is 8.16. The SMILES string of the molecule is COc1cc(-c2noc(CCCC(=O)N3CCCCC3c3cccnc3)n2)cc(OC)c1OC. The number of pyridine rings is 1. The molecule has 4 rings (SSSR count). The van der Waals surface area contributed by atoms with Crippen LogP contribution in [-0.2, 0) is 11.2 Å². The van der Waals surface area contributed by atoms with Gasteiger partial charge in [-0.25, -0.2) is 0 Å². The fourth-order valence-electron chi connectivity index (χ4n) is 4.37. The van der Waals surface area contributed by atoms with Gasteiger partial charge in [0.1, 0.15) is 0 Å². The number of hydrogen-bond acceptors (Lipinski definition) is 8. The molecule has 1 fully saturated rings. The van der Waals surface area contributed by atoms with Crippen molar-refractivity contribution in [2.75, 3.05) is 27.9 Å². The summed E-state index contributed by atoms with van der Waals surface area (Å²) in [5, 5.41) is 4.09. The van der Waals surface area contributed by atoms with E-state index in [-0.39, 0.29) is 11.9 Å². The van der Waals surface area contributed by atoms with E-state index in [4.69, 9.17) is 18.7 Å². The maximum Gasteiger partial charge on any atom is 0.226 e. The molecule has 3 aromatic rings. The van der Waals surface area contributed by atoms with Crippen molar-refractivity contribution in [3.8, 4) is 28.6 Å². The molecule has 1 aliphatic rings. The molecule has 0 aliphatic carbocycles. The molecule has 1 saturated heterocycles. The van der Waals surface area contributed by atoms with E-state index in [2.05, 4.69) is 15.1 Å². The maximum atomic E-state index is 13.0. The number of piperidine rings is 1. The molecule has 1 unspecified atom stereocenters. The first-order valence-electron chi connectivity index (χ1n) is 11.5. The van der Waals surface area contributed by atoms with Crippen molar-refractivity contribution in [2.45, 2.75) is 44.6 Å². The summed E-state index contributed by atoms with van der Waals surface area (Å²) in [4.78, 5) is 23.7. The van der Waals surface area contributed by atoms with Crippen molar-refractivity contribution in [2.24, 2.45) is 0 Å². The second kappa shape index (κ2) is 11.0. The molecule has 1 aliphatic heterocycles. The molecule has 0 bridgehead atoms. The molecule has 9 heteroatoms. The third-order valence-electron chi connectivity index (χ3n) is 6.06. The third-order valence-corrected chi connectivity index (χ3v) is 6.06. The third kappa shape index (κ3) is 5.13. The van der Waals surface area contributed by atoms with Crippen LogP contribution in [0.15, 0.2) is 41.2 Å². The van der Waals surface area contributed by atoms with Gasteiger partial charge in [0.25, 0.3) is 0 Å². The Balaban J connectivity index is 1.38. The summed E-state index contributed by atoms with van der Waals surface area (Å²) in [5.41, 5.74) is 1.79. The number of methoxy groups -OCH3 is 3. The van der Waals surface area contributed by atoms with E-state index in [0.717, 1.165) is 31.4 Å². The summed E-state index contributed by atoms with van der Waals surface area (Å²) in [6.07, 6.45) is 8.33. The van der Waals surface area contributed by atoms with E-state index in [0.29, 0.717) is 53.8 Å². The lowest BCUT2D eigenvalue weighted by atomic mass is 9.96. The van der Waals surface area contributed by atoms with Crippen LogP contribution in [-0.4, -0.2) is 53.8 Å². The number of likely N-dealkylation sites (tertiary alicyclic amines) is 1. The Morgan fingerprint density at radius 3 is 2.62 bits per heavy atom. The van der Waals surface area contributed by atoms with Gasteiger partial charge in [0.05, 0.1) is 27.4 Å². The summed E-state index contributed by atoms with van der Waals surface area (Å²) in [6.45, 7) is 0.782. The lowest BCUT2D eigenvalue weighted by Gasteiger charge is -2.36. The Morgan fingerprint density at radius 2 is 1.94 bits per heavy atom. The number of carbonyl (C=O) groups excluding carboxylic acids is 1. The Labute approximate surface area is 199 Å². The number of rotatable bonds is 9. The fourth-order valence-corrected chi connectivity index (χ4v) is 4.37. The van der Waals surface area contributed by atoms with E-state index in [1.54, 1.807) is 39.7 Å². The first-order valence-corrected chi connectivity index (χ1v) is 11.5. The van der Waals surface area contributed by atoms with Crippen LogP contribution in [0.1, 0.15) is 49.6 Å². The lowest BCUT2D eigenvalue weighted by molar-refractivity contribution is -0.135. The molecule has 0 radical (unpaired) electrons. The van der Waals surface area contributed by atoms with E-state index < -0.39 is 0 Å². The normalized spacial score (nSPS) is 15.7. The molecular weight excluding hydrogens is 436 g/mol. The molecule has 2 aromatic heterocycles. The van der Waals surface area contributed by atoms with Gasteiger partial charge in [-0.3, -0.25) is 9.78 Å². The molecule has 0 saturated carbocycles. The number of amides is 1. The van der Waals surface area contributed by atoms with Crippen LogP contribution in [0.3, 0.4) is 0 Å². The van der Waals surface area contributed by atoms with Gasteiger partial charge in [0, 0.05) is 37.3 Å². The van der Waals surface area contributed by atoms with Crippen molar-refractivity contribution in [3.63, 3.8) is 0 Å². The number of ether oxygens (including phenoxy) is 3. The van der Waals surface area contributed by atoms with Crippen molar-refractivity contribution in [1.82, 2.24) is 20.0 Å². The predicted octanol–water partition coefficient (Wildman–Crippen LogP) is 4.23. The fraction of sp³-hybridized carbons (Fsp3) is 0.440. The van der Waals surface area contributed by atoms with Gasteiger partial charge in [-0.1, -0.05) is 11.2 Å². The highest BCUT2D eigenvalue weighted by atomic mass is 16.5. The van der Waals surface area contributed by atoms with E-state index >= 15 is 0 Å². The molecule has 1 atom stereocenters. The Kier molecular flexibility index (Phi) is 7.61. The molecule has 1 amide bonds.